The minimum Gasteiger partial charge on any atom is -0.294 e. The second kappa shape index (κ2) is 6.45. The van der Waals surface area contributed by atoms with Gasteiger partial charge in [0.1, 0.15) is 11.8 Å². The van der Waals surface area contributed by atoms with Crippen LogP contribution in [0, 0.1) is 40.4 Å². The van der Waals surface area contributed by atoms with Crippen LogP contribution >= 0.6 is 0 Å². The van der Waals surface area contributed by atoms with Gasteiger partial charge >= 0.3 is 0 Å². The molecule has 1 aliphatic carbocycles. The van der Waals surface area contributed by atoms with E-state index in [1.54, 1.807) is 0 Å². The van der Waals surface area contributed by atoms with Gasteiger partial charge in [-0.3, -0.25) is 14.9 Å². The summed E-state index contributed by atoms with van der Waals surface area (Å²) in [6.07, 6.45) is 4.74. The highest BCUT2D eigenvalue weighted by atomic mass is 16.2. The van der Waals surface area contributed by atoms with E-state index >= 15 is 0 Å². The number of rotatable bonds is 2. The lowest BCUT2D eigenvalue weighted by molar-refractivity contribution is -0.143. The van der Waals surface area contributed by atoms with E-state index in [1.165, 1.54) is 0 Å². The minimum absolute atomic E-state index is 0.0297. The van der Waals surface area contributed by atoms with E-state index in [1.807, 2.05) is 30.3 Å². The van der Waals surface area contributed by atoms with Gasteiger partial charge in [-0.2, -0.15) is 10.5 Å². The van der Waals surface area contributed by atoms with Crippen LogP contribution in [-0.4, -0.2) is 11.8 Å². The number of benzene rings is 1. The lowest BCUT2D eigenvalue weighted by Crippen LogP contribution is -2.63. The molecule has 1 heterocycles. The number of hydrogen-bond donors (Lipinski definition) is 1. The molecule has 1 saturated carbocycles. The Labute approximate surface area is 141 Å². The van der Waals surface area contributed by atoms with Crippen molar-refractivity contribution >= 4 is 11.8 Å². The molecule has 1 saturated heterocycles. The van der Waals surface area contributed by atoms with Gasteiger partial charge in [0.2, 0.25) is 11.8 Å². The van der Waals surface area contributed by atoms with Crippen molar-refractivity contribution in [3.63, 3.8) is 0 Å². The molecule has 2 fully saturated rings. The van der Waals surface area contributed by atoms with Gasteiger partial charge in [0, 0.05) is 5.41 Å². The Morgan fingerprint density at radius 3 is 1.96 bits per heavy atom. The van der Waals surface area contributed by atoms with Gasteiger partial charge in [0.05, 0.1) is 12.1 Å². The summed E-state index contributed by atoms with van der Waals surface area (Å²) in [5, 5.41) is 21.7. The number of carbonyl (C=O) groups excluding carboxylic acids is 2. The minimum atomic E-state index is -1.06. The molecule has 1 N–H and O–H groups in total. The zero-order valence-corrected chi connectivity index (χ0v) is 13.4. The maximum atomic E-state index is 12.5. The summed E-state index contributed by atoms with van der Waals surface area (Å²) in [6.45, 7) is 0. The highest BCUT2D eigenvalue weighted by Crippen LogP contribution is 2.52. The number of amides is 2. The first-order valence-electron chi connectivity index (χ1n) is 8.35. The van der Waals surface area contributed by atoms with Crippen LogP contribution in [0.5, 0.6) is 0 Å². The smallest absolute Gasteiger partial charge is 0.244 e. The molecule has 1 aromatic carbocycles. The molecule has 5 nitrogen and oxygen atoms in total. The summed E-state index contributed by atoms with van der Waals surface area (Å²) in [7, 11) is 0. The fourth-order valence-corrected chi connectivity index (χ4v) is 4.54. The van der Waals surface area contributed by atoms with Crippen LogP contribution in [0.4, 0.5) is 0 Å². The van der Waals surface area contributed by atoms with Gasteiger partial charge in [0.15, 0.2) is 0 Å². The fraction of sp³-hybridized carbons (Fsp3) is 0.474. The molecule has 2 aliphatic rings. The third-order valence-electron chi connectivity index (χ3n) is 5.54. The van der Waals surface area contributed by atoms with E-state index in [9.17, 15) is 20.1 Å². The van der Waals surface area contributed by atoms with Crippen LogP contribution in [0.25, 0.3) is 0 Å². The Hall–Kier alpha value is -2.66. The van der Waals surface area contributed by atoms with E-state index in [4.69, 9.17) is 0 Å². The molecule has 1 aromatic rings. The third-order valence-corrected chi connectivity index (χ3v) is 5.54. The summed E-state index contributed by atoms with van der Waals surface area (Å²) >= 11 is 0. The molecule has 0 aromatic heterocycles. The summed E-state index contributed by atoms with van der Waals surface area (Å²) in [5.74, 6) is -3.26. The molecule has 1 aliphatic heterocycles. The molecular weight excluding hydrogens is 302 g/mol. The van der Waals surface area contributed by atoms with Crippen molar-refractivity contribution in [3.8, 4) is 12.1 Å². The molecule has 24 heavy (non-hydrogen) atoms. The standard InChI is InChI=1S/C19H19N3O2/c20-11-15-17(23)22-18(24)16(12-21)19(15,13-7-3-1-4-8-13)14-9-5-2-6-10-14/h1,3-4,7-8,14-16H,2,5-6,9-10H2,(H,22,23,24). The number of hydrogen-bond acceptors (Lipinski definition) is 4. The normalized spacial score (nSPS) is 30.9. The van der Waals surface area contributed by atoms with Crippen molar-refractivity contribution < 1.29 is 9.59 Å². The zero-order valence-electron chi connectivity index (χ0n) is 13.4. The fourth-order valence-electron chi connectivity index (χ4n) is 4.54. The van der Waals surface area contributed by atoms with Crippen LogP contribution in [-0.2, 0) is 15.0 Å². The molecule has 2 atom stereocenters. The average Bonchev–Trinajstić information content (AvgIpc) is 2.62. The van der Waals surface area contributed by atoms with Crippen molar-refractivity contribution in [3.05, 3.63) is 35.9 Å². The summed E-state index contributed by atoms with van der Waals surface area (Å²) in [6, 6.07) is 13.4. The van der Waals surface area contributed by atoms with Gasteiger partial charge in [-0.1, -0.05) is 49.6 Å². The molecule has 0 bridgehead atoms. The van der Waals surface area contributed by atoms with Crippen LogP contribution in [0.1, 0.15) is 37.7 Å². The average molecular weight is 321 g/mol. The highest BCUT2D eigenvalue weighted by molar-refractivity contribution is 6.04. The van der Waals surface area contributed by atoms with Crippen molar-refractivity contribution in [2.45, 2.75) is 37.5 Å². The predicted molar refractivity (Wildman–Crippen MR) is 86.1 cm³/mol. The first kappa shape index (κ1) is 16.2. The van der Waals surface area contributed by atoms with Crippen LogP contribution in [0.2, 0.25) is 0 Å². The third kappa shape index (κ3) is 2.29. The van der Waals surface area contributed by atoms with Crippen molar-refractivity contribution in [1.82, 2.24) is 5.32 Å². The SMILES string of the molecule is N#CC1C(=O)NC(=O)C(C#N)C1(c1ccccc1)C1CCCCC1. The highest BCUT2D eigenvalue weighted by Gasteiger charge is 2.60. The molecule has 122 valence electrons. The quantitative estimate of drug-likeness (QED) is 0.847. The number of piperidine rings is 1. The lowest BCUT2D eigenvalue weighted by Gasteiger charge is -2.49. The molecule has 2 unspecified atom stereocenters. The van der Waals surface area contributed by atoms with Crippen LogP contribution in [0.15, 0.2) is 30.3 Å². The van der Waals surface area contributed by atoms with E-state index in [0.29, 0.717) is 0 Å². The van der Waals surface area contributed by atoms with Crippen LogP contribution in [0.3, 0.4) is 0 Å². The van der Waals surface area contributed by atoms with Crippen LogP contribution < -0.4 is 5.32 Å². The van der Waals surface area contributed by atoms with Crippen molar-refractivity contribution in [2.75, 3.05) is 0 Å². The topological polar surface area (TPSA) is 93.8 Å². The first-order valence-corrected chi connectivity index (χ1v) is 8.35. The van der Waals surface area contributed by atoms with Gasteiger partial charge in [-0.15, -0.1) is 0 Å². The Bertz CT molecular complexity index is 691. The van der Waals surface area contributed by atoms with E-state index < -0.39 is 29.1 Å². The van der Waals surface area contributed by atoms with Gasteiger partial charge in [0.25, 0.3) is 0 Å². The van der Waals surface area contributed by atoms with Crippen molar-refractivity contribution in [2.24, 2.45) is 17.8 Å². The number of carbonyl (C=O) groups is 2. The lowest BCUT2D eigenvalue weighted by atomic mass is 9.52. The monoisotopic (exact) mass is 321 g/mol. The maximum Gasteiger partial charge on any atom is 0.244 e. The van der Waals surface area contributed by atoms with Crippen molar-refractivity contribution in [1.29, 1.82) is 10.5 Å². The Morgan fingerprint density at radius 2 is 1.46 bits per heavy atom. The van der Waals surface area contributed by atoms with E-state index in [0.717, 1.165) is 37.7 Å². The molecule has 0 spiro atoms. The summed E-state index contributed by atoms with van der Waals surface area (Å²) in [5.41, 5.74) is -0.317. The molecule has 5 heteroatoms. The number of imide groups is 1. The van der Waals surface area contributed by atoms with Gasteiger partial charge in [-0.05, 0) is 24.3 Å². The second-order valence-corrected chi connectivity index (χ2v) is 6.61. The largest absolute Gasteiger partial charge is 0.294 e. The molecule has 3 rings (SSSR count). The Morgan fingerprint density at radius 1 is 0.917 bits per heavy atom. The number of nitrogens with one attached hydrogen (secondary N) is 1. The second-order valence-electron chi connectivity index (χ2n) is 6.61. The Balaban J connectivity index is 2.27. The molecule has 2 amide bonds. The van der Waals surface area contributed by atoms with Gasteiger partial charge in [-0.25, -0.2) is 0 Å². The van der Waals surface area contributed by atoms with E-state index in [-0.39, 0.29) is 5.92 Å². The zero-order chi connectivity index (χ0) is 17.2. The molecule has 0 radical (unpaired) electrons. The molecular formula is C19H19N3O2. The first-order chi connectivity index (χ1) is 11.7. The van der Waals surface area contributed by atoms with E-state index in [2.05, 4.69) is 17.5 Å². The summed E-state index contributed by atoms with van der Waals surface area (Å²) in [4.78, 5) is 24.9. The maximum absolute atomic E-state index is 12.5. The van der Waals surface area contributed by atoms with Gasteiger partial charge < -0.3 is 0 Å². The Kier molecular flexibility index (Phi) is 4.36. The summed E-state index contributed by atoms with van der Waals surface area (Å²) < 4.78 is 0. The number of nitriles is 2. The number of nitrogens with zero attached hydrogens (tertiary/aromatic N) is 2. The predicted octanol–water partition coefficient (Wildman–Crippen LogP) is 2.44.